The SMILES string of the molecule is Nc1nc(-c2cccc(O)c2)nc2c1CSC2. The second kappa shape index (κ2) is 3.92. The first-order valence-corrected chi connectivity index (χ1v) is 6.42. The first-order valence-electron chi connectivity index (χ1n) is 5.26. The molecule has 2 heterocycles. The number of thioether (sulfide) groups is 1. The second-order valence-corrected chi connectivity index (χ2v) is 4.89. The normalized spacial score (nSPS) is 13.6. The van der Waals surface area contributed by atoms with Crippen molar-refractivity contribution in [1.29, 1.82) is 0 Å². The molecule has 1 aromatic carbocycles. The summed E-state index contributed by atoms with van der Waals surface area (Å²) in [4.78, 5) is 8.80. The fraction of sp³-hybridized carbons (Fsp3) is 0.167. The molecule has 0 saturated carbocycles. The number of anilines is 1. The number of rotatable bonds is 1. The van der Waals surface area contributed by atoms with Gasteiger partial charge in [0.15, 0.2) is 5.82 Å². The Kier molecular flexibility index (Phi) is 2.40. The third-order valence-electron chi connectivity index (χ3n) is 2.71. The van der Waals surface area contributed by atoms with Crippen LogP contribution in [0.15, 0.2) is 24.3 Å². The van der Waals surface area contributed by atoms with E-state index in [0.29, 0.717) is 11.6 Å². The average molecular weight is 245 g/mol. The third-order valence-corrected chi connectivity index (χ3v) is 3.68. The van der Waals surface area contributed by atoms with Crippen LogP contribution < -0.4 is 5.73 Å². The van der Waals surface area contributed by atoms with Crippen molar-refractivity contribution in [3.8, 4) is 17.1 Å². The number of hydrogen-bond acceptors (Lipinski definition) is 5. The third kappa shape index (κ3) is 1.82. The van der Waals surface area contributed by atoms with Gasteiger partial charge in [0.2, 0.25) is 0 Å². The molecule has 0 bridgehead atoms. The molecule has 0 saturated heterocycles. The highest BCUT2D eigenvalue weighted by atomic mass is 32.2. The van der Waals surface area contributed by atoms with Gasteiger partial charge in [-0.15, -0.1) is 0 Å². The van der Waals surface area contributed by atoms with Crippen molar-refractivity contribution in [3.63, 3.8) is 0 Å². The number of nitrogens with two attached hydrogens (primary N) is 1. The summed E-state index contributed by atoms with van der Waals surface area (Å²) >= 11 is 1.79. The Labute approximate surface area is 103 Å². The van der Waals surface area contributed by atoms with E-state index in [-0.39, 0.29) is 5.75 Å². The van der Waals surface area contributed by atoms with Gasteiger partial charge in [0.25, 0.3) is 0 Å². The van der Waals surface area contributed by atoms with E-state index in [1.807, 2.05) is 6.07 Å². The molecule has 1 aromatic heterocycles. The van der Waals surface area contributed by atoms with E-state index in [0.717, 1.165) is 28.3 Å². The van der Waals surface area contributed by atoms with E-state index in [1.54, 1.807) is 30.0 Å². The van der Waals surface area contributed by atoms with Gasteiger partial charge in [-0.1, -0.05) is 12.1 Å². The van der Waals surface area contributed by atoms with Crippen molar-refractivity contribution in [2.45, 2.75) is 11.5 Å². The number of fused-ring (bicyclic) bond motifs is 1. The number of aromatic hydroxyl groups is 1. The zero-order chi connectivity index (χ0) is 11.8. The lowest BCUT2D eigenvalue weighted by atomic mass is 10.2. The molecule has 3 rings (SSSR count). The van der Waals surface area contributed by atoms with Gasteiger partial charge < -0.3 is 10.8 Å². The van der Waals surface area contributed by atoms with Crippen molar-refractivity contribution >= 4 is 17.6 Å². The maximum absolute atomic E-state index is 9.45. The molecule has 0 radical (unpaired) electrons. The first-order chi connectivity index (χ1) is 8.24. The summed E-state index contributed by atoms with van der Waals surface area (Å²) in [6.07, 6.45) is 0. The summed E-state index contributed by atoms with van der Waals surface area (Å²) in [5.74, 6) is 3.12. The van der Waals surface area contributed by atoms with Crippen LogP contribution in [0.25, 0.3) is 11.4 Å². The van der Waals surface area contributed by atoms with Crippen LogP contribution in [0.5, 0.6) is 5.75 Å². The van der Waals surface area contributed by atoms with Crippen LogP contribution in [-0.4, -0.2) is 15.1 Å². The van der Waals surface area contributed by atoms with Crippen LogP contribution in [0, 0.1) is 0 Å². The molecule has 3 N–H and O–H groups in total. The van der Waals surface area contributed by atoms with Gasteiger partial charge in [-0.3, -0.25) is 0 Å². The molecule has 4 nitrogen and oxygen atoms in total. The van der Waals surface area contributed by atoms with Crippen LogP contribution in [0.4, 0.5) is 5.82 Å². The van der Waals surface area contributed by atoms with E-state index < -0.39 is 0 Å². The molecule has 2 aromatic rings. The average Bonchev–Trinajstić information content (AvgIpc) is 2.77. The molecule has 0 spiro atoms. The summed E-state index contributed by atoms with van der Waals surface area (Å²) in [7, 11) is 0. The van der Waals surface area contributed by atoms with Crippen LogP contribution in [0.3, 0.4) is 0 Å². The molecule has 0 fully saturated rings. The summed E-state index contributed by atoms with van der Waals surface area (Å²) < 4.78 is 0. The fourth-order valence-electron chi connectivity index (χ4n) is 1.85. The minimum atomic E-state index is 0.208. The number of hydrogen-bond donors (Lipinski definition) is 2. The highest BCUT2D eigenvalue weighted by Gasteiger charge is 2.18. The Morgan fingerprint density at radius 3 is 2.94 bits per heavy atom. The van der Waals surface area contributed by atoms with Gasteiger partial charge in [-0.25, -0.2) is 9.97 Å². The highest BCUT2D eigenvalue weighted by Crippen LogP contribution is 2.33. The van der Waals surface area contributed by atoms with E-state index in [9.17, 15) is 5.11 Å². The van der Waals surface area contributed by atoms with Crippen molar-refractivity contribution in [1.82, 2.24) is 9.97 Å². The lowest BCUT2D eigenvalue weighted by molar-refractivity contribution is 0.475. The van der Waals surface area contributed by atoms with E-state index in [2.05, 4.69) is 9.97 Å². The number of phenols is 1. The minimum absolute atomic E-state index is 0.208. The number of nitrogen functional groups attached to an aromatic ring is 1. The van der Waals surface area contributed by atoms with Gasteiger partial charge >= 0.3 is 0 Å². The standard InChI is InChI=1S/C12H11N3OS/c13-11-9-5-17-6-10(9)14-12(15-11)7-2-1-3-8(16)4-7/h1-4,16H,5-6H2,(H2,13,14,15). The zero-order valence-electron chi connectivity index (χ0n) is 9.05. The smallest absolute Gasteiger partial charge is 0.161 e. The molecular weight excluding hydrogens is 234 g/mol. The summed E-state index contributed by atoms with van der Waals surface area (Å²) in [5.41, 5.74) is 8.78. The van der Waals surface area contributed by atoms with Crippen molar-refractivity contribution in [3.05, 3.63) is 35.5 Å². The predicted octanol–water partition coefficient (Wildman–Crippen LogP) is 2.18. The topological polar surface area (TPSA) is 72.0 Å². The number of benzene rings is 1. The minimum Gasteiger partial charge on any atom is -0.508 e. The molecule has 86 valence electrons. The Morgan fingerprint density at radius 2 is 2.12 bits per heavy atom. The highest BCUT2D eigenvalue weighted by molar-refractivity contribution is 7.98. The van der Waals surface area contributed by atoms with Crippen molar-refractivity contribution in [2.24, 2.45) is 0 Å². The van der Waals surface area contributed by atoms with Crippen LogP contribution in [0.1, 0.15) is 11.3 Å². The zero-order valence-corrected chi connectivity index (χ0v) is 9.87. The monoisotopic (exact) mass is 245 g/mol. The Balaban J connectivity index is 2.13. The first kappa shape index (κ1) is 10.4. The van der Waals surface area contributed by atoms with Gasteiger partial charge in [-0.05, 0) is 12.1 Å². The molecular formula is C12H11N3OS. The maximum atomic E-state index is 9.45. The van der Waals surface area contributed by atoms with E-state index in [4.69, 9.17) is 5.73 Å². The maximum Gasteiger partial charge on any atom is 0.161 e. The van der Waals surface area contributed by atoms with Crippen molar-refractivity contribution in [2.75, 3.05) is 5.73 Å². The quantitative estimate of drug-likeness (QED) is 0.805. The summed E-state index contributed by atoms with van der Waals surface area (Å²) in [6.45, 7) is 0. The van der Waals surface area contributed by atoms with Crippen LogP contribution in [-0.2, 0) is 11.5 Å². The molecule has 1 aliphatic rings. The summed E-state index contributed by atoms with van der Waals surface area (Å²) in [6, 6.07) is 6.90. The molecule has 0 aliphatic carbocycles. The van der Waals surface area contributed by atoms with Crippen LogP contribution >= 0.6 is 11.8 Å². The molecule has 1 aliphatic heterocycles. The Bertz CT molecular complexity index is 586. The number of aromatic nitrogens is 2. The molecule has 5 heteroatoms. The summed E-state index contributed by atoms with van der Waals surface area (Å²) in [5, 5.41) is 9.45. The number of nitrogens with zero attached hydrogens (tertiary/aromatic N) is 2. The molecule has 0 atom stereocenters. The largest absolute Gasteiger partial charge is 0.508 e. The fourth-order valence-corrected chi connectivity index (χ4v) is 2.90. The molecule has 17 heavy (non-hydrogen) atoms. The Morgan fingerprint density at radius 1 is 1.24 bits per heavy atom. The lowest BCUT2D eigenvalue weighted by Gasteiger charge is -2.06. The molecule has 0 unspecified atom stereocenters. The van der Waals surface area contributed by atoms with Crippen molar-refractivity contribution < 1.29 is 5.11 Å². The van der Waals surface area contributed by atoms with Gasteiger partial charge in [0, 0.05) is 22.6 Å². The molecule has 0 amide bonds. The van der Waals surface area contributed by atoms with Gasteiger partial charge in [0.05, 0.1) is 5.69 Å². The Hall–Kier alpha value is -1.75. The van der Waals surface area contributed by atoms with E-state index >= 15 is 0 Å². The van der Waals surface area contributed by atoms with Crippen LogP contribution in [0.2, 0.25) is 0 Å². The predicted molar refractivity (Wildman–Crippen MR) is 68.5 cm³/mol. The second-order valence-electron chi connectivity index (χ2n) is 3.90. The van der Waals surface area contributed by atoms with Gasteiger partial charge in [0.1, 0.15) is 11.6 Å². The van der Waals surface area contributed by atoms with Gasteiger partial charge in [-0.2, -0.15) is 11.8 Å². The van der Waals surface area contributed by atoms with E-state index in [1.165, 1.54) is 0 Å². The number of phenolic OH excluding ortho intramolecular Hbond substituents is 1. The lowest BCUT2D eigenvalue weighted by Crippen LogP contribution is -2.02.